The molecule has 0 radical (unpaired) electrons. The number of oxazole rings is 1. The predicted octanol–water partition coefficient (Wildman–Crippen LogP) is 4.23. The minimum Gasteiger partial charge on any atom is -0.436 e. The lowest BCUT2D eigenvalue weighted by Gasteiger charge is -2.08. The van der Waals surface area contributed by atoms with Crippen molar-refractivity contribution in [2.45, 2.75) is 6.18 Å². The molecule has 1 aromatic heterocycles. The summed E-state index contributed by atoms with van der Waals surface area (Å²) in [5.41, 5.74) is 5.54. The largest absolute Gasteiger partial charge is 0.436 e. The first-order chi connectivity index (χ1) is 9.84. The van der Waals surface area contributed by atoms with Crippen molar-refractivity contribution in [3.05, 3.63) is 47.8 Å². The first-order valence-corrected chi connectivity index (χ1v) is 5.88. The average molecular weight is 296 g/mol. The summed E-state index contributed by atoms with van der Waals surface area (Å²) < 4.78 is 56.7. The molecule has 2 N–H and O–H groups in total. The van der Waals surface area contributed by atoms with Crippen LogP contribution in [-0.4, -0.2) is 4.98 Å². The Balaban J connectivity index is 2.14. The van der Waals surface area contributed by atoms with Gasteiger partial charge in [0.2, 0.25) is 5.89 Å². The van der Waals surface area contributed by atoms with Crippen LogP contribution in [0.15, 0.2) is 40.8 Å². The van der Waals surface area contributed by atoms with Gasteiger partial charge in [0, 0.05) is 11.3 Å². The molecule has 21 heavy (non-hydrogen) atoms. The number of alkyl halides is 3. The summed E-state index contributed by atoms with van der Waals surface area (Å²) in [6.07, 6.45) is -4.78. The van der Waals surface area contributed by atoms with E-state index in [9.17, 15) is 17.6 Å². The zero-order valence-electron chi connectivity index (χ0n) is 10.4. The predicted molar refractivity (Wildman–Crippen MR) is 68.8 cm³/mol. The van der Waals surface area contributed by atoms with Crippen LogP contribution in [0.2, 0.25) is 0 Å². The summed E-state index contributed by atoms with van der Waals surface area (Å²) in [7, 11) is 0. The van der Waals surface area contributed by atoms with Gasteiger partial charge in [-0.15, -0.1) is 0 Å². The topological polar surface area (TPSA) is 52.0 Å². The highest BCUT2D eigenvalue weighted by Gasteiger charge is 2.34. The third kappa shape index (κ3) is 2.42. The number of fused-ring (bicyclic) bond motifs is 1. The number of nitrogens with two attached hydrogens (primary N) is 1. The Kier molecular flexibility index (Phi) is 2.86. The first kappa shape index (κ1) is 13.4. The third-order valence-corrected chi connectivity index (χ3v) is 2.93. The van der Waals surface area contributed by atoms with Crippen LogP contribution in [0.3, 0.4) is 0 Å². The van der Waals surface area contributed by atoms with Crippen LogP contribution in [0.5, 0.6) is 0 Å². The van der Waals surface area contributed by atoms with E-state index in [-0.39, 0.29) is 11.5 Å². The summed E-state index contributed by atoms with van der Waals surface area (Å²) in [5.74, 6) is -1.37. The maximum Gasteiger partial charge on any atom is 0.419 e. The number of hydrogen-bond acceptors (Lipinski definition) is 3. The van der Waals surface area contributed by atoms with Crippen LogP contribution in [0.1, 0.15) is 5.56 Å². The van der Waals surface area contributed by atoms with E-state index in [0.717, 1.165) is 6.07 Å². The maximum atomic E-state index is 13.3. The molecular weight excluding hydrogens is 288 g/mol. The second-order valence-electron chi connectivity index (χ2n) is 4.44. The van der Waals surface area contributed by atoms with Gasteiger partial charge < -0.3 is 10.2 Å². The molecule has 0 unspecified atom stereocenters. The van der Waals surface area contributed by atoms with E-state index >= 15 is 0 Å². The summed E-state index contributed by atoms with van der Waals surface area (Å²) >= 11 is 0. The van der Waals surface area contributed by atoms with E-state index in [4.69, 9.17) is 10.2 Å². The molecular formula is C14H8F4N2O. The SMILES string of the molecule is Nc1ccc2oc(-c3ccc(F)c(C(F)(F)F)c3)nc2c1. The molecule has 3 aromatic rings. The highest BCUT2D eigenvalue weighted by molar-refractivity contribution is 5.79. The summed E-state index contributed by atoms with van der Waals surface area (Å²) in [6, 6.07) is 7.28. The fourth-order valence-corrected chi connectivity index (χ4v) is 1.94. The van der Waals surface area contributed by atoms with Gasteiger partial charge >= 0.3 is 6.18 Å². The van der Waals surface area contributed by atoms with Crippen LogP contribution < -0.4 is 5.73 Å². The molecule has 2 aromatic carbocycles. The Morgan fingerprint density at radius 1 is 1.05 bits per heavy atom. The molecule has 0 aliphatic carbocycles. The average Bonchev–Trinajstić information content (AvgIpc) is 2.80. The number of aromatic nitrogens is 1. The van der Waals surface area contributed by atoms with Gasteiger partial charge in [-0.2, -0.15) is 13.2 Å². The molecule has 0 amide bonds. The molecule has 0 fully saturated rings. The smallest absolute Gasteiger partial charge is 0.419 e. The zero-order valence-corrected chi connectivity index (χ0v) is 10.4. The van der Waals surface area contributed by atoms with Crippen molar-refractivity contribution in [2.24, 2.45) is 0 Å². The molecule has 108 valence electrons. The van der Waals surface area contributed by atoms with Gasteiger partial charge in [0.1, 0.15) is 11.3 Å². The van der Waals surface area contributed by atoms with Crippen LogP contribution in [0.4, 0.5) is 23.2 Å². The van der Waals surface area contributed by atoms with Gasteiger partial charge in [0.15, 0.2) is 5.58 Å². The second kappa shape index (κ2) is 4.47. The van der Waals surface area contributed by atoms with Crippen LogP contribution in [0.25, 0.3) is 22.6 Å². The molecule has 0 aliphatic rings. The zero-order chi connectivity index (χ0) is 15.2. The Labute approximate surface area is 116 Å². The monoisotopic (exact) mass is 296 g/mol. The fraction of sp³-hybridized carbons (Fsp3) is 0.0714. The van der Waals surface area contributed by atoms with E-state index in [2.05, 4.69) is 4.98 Å². The molecule has 0 atom stereocenters. The van der Waals surface area contributed by atoms with E-state index in [1.165, 1.54) is 12.1 Å². The number of nitrogens with zero attached hydrogens (tertiary/aromatic N) is 1. The second-order valence-corrected chi connectivity index (χ2v) is 4.44. The van der Waals surface area contributed by atoms with E-state index in [0.29, 0.717) is 22.9 Å². The molecule has 0 bridgehead atoms. The van der Waals surface area contributed by atoms with Crippen molar-refractivity contribution in [3.63, 3.8) is 0 Å². The summed E-state index contributed by atoms with van der Waals surface area (Å²) in [5, 5.41) is 0. The molecule has 3 nitrogen and oxygen atoms in total. The van der Waals surface area contributed by atoms with Crippen molar-refractivity contribution >= 4 is 16.8 Å². The van der Waals surface area contributed by atoms with Gasteiger partial charge in [-0.3, -0.25) is 0 Å². The minimum atomic E-state index is -4.78. The van der Waals surface area contributed by atoms with Gasteiger partial charge in [-0.05, 0) is 36.4 Å². The molecule has 0 aliphatic heterocycles. The molecule has 3 rings (SSSR count). The molecule has 7 heteroatoms. The van der Waals surface area contributed by atoms with Gasteiger partial charge in [0.25, 0.3) is 0 Å². The van der Waals surface area contributed by atoms with Gasteiger partial charge in [-0.25, -0.2) is 9.37 Å². The molecule has 0 saturated carbocycles. The Bertz CT molecular complexity index is 823. The quantitative estimate of drug-likeness (QED) is 0.540. The maximum absolute atomic E-state index is 13.3. The molecule has 0 spiro atoms. The highest BCUT2D eigenvalue weighted by Crippen LogP contribution is 2.34. The van der Waals surface area contributed by atoms with Crippen LogP contribution >= 0.6 is 0 Å². The van der Waals surface area contributed by atoms with Crippen molar-refractivity contribution in [1.82, 2.24) is 4.98 Å². The van der Waals surface area contributed by atoms with E-state index in [1.54, 1.807) is 12.1 Å². The Morgan fingerprint density at radius 2 is 1.81 bits per heavy atom. The number of hydrogen-bond donors (Lipinski definition) is 1. The number of rotatable bonds is 1. The Hall–Kier alpha value is -2.57. The van der Waals surface area contributed by atoms with Crippen LogP contribution in [0, 0.1) is 5.82 Å². The lowest BCUT2D eigenvalue weighted by Crippen LogP contribution is -2.08. The van der Waals surface area contributed by atoms with Crippen molar-refractivity contribution < 1.29 is 22.0 Å². The van der Waals surface area contributed by atoms with Gasteiger partial charge in [-0.1, -0.05) is 0 Å². The van der Waals surface area contributed by atoms with Gasteiger partial charge in [0.05, 0.1) is 5.56 Å². The third-order valence-electron chi connectivity index (χ3n) is 2.93. The summed E-state index contributed by atoms with van der Waals surface area (Å²) in [6.45, 7) is 0. The Morgan fingerprint density at radius 3 is 2.52 bits per heavy atom. The summed E-state index contributed by atoms with van der Waals surface area (Å²) in [4.78, 5) is 4.06. The number of nitrogen functional groups attached to an aromatic ring is 1. The molecule has 1 heterocycles. The van der Waals surface area contributed by atoms with E-state index in [1.807, 2.05) is 0 Å². The van der Waals surface area contributed by atoms with Crippen molar-refractivity contribution in [3.8, 4) is 11.5 Å². The number of halogens is 4. The number of benzene rings is 2. The standard InChI is InChI=1S/C14H8F4N2O/c15-10-3-1-7(5-9(10)14(16,17)18)13-20-11-6-8(19)2-4-12(11)21-13/h1-6H,19H2. The minimum absolute atomic E-state index is 0.0268. The lowest BCUT2D eigenvalue weighted by atomic mass is 10.1. The van der Waals surface area contributed by atoms with E-state index < -0.39 is 17.6 Å². The van der Waals surface area contributed by atoms with Crippen molar-refractivity contribution in [2.75, 3.05) is 5.73 Å². The fourth-order valence-electron chi connectivity index (χ4n) is 1.94. The van der Waals surface area contributed by atoms with Crippen LogP contribution in [-0.2, 0) is 6.18 Å². The number of anilines is 1. The lowest BCUT2D eigenvalue weighted by molar-refractivity contribution is -0.139. The molecule has 0 saturated heterocycles. The van der Waals surface area contributed by atoms with Crippen molar-refractivity contribution in [1.29, 1.82) is 0 Å². The highest BCUT2D eigenvalue weighted by atomic mass is 19.4. The normalized spacial score (nSPS) is 12.0. The first-order valence-electron chi connectivity index (χ1n) is 5.88.